The summed E-state index contributed by atoms with van der Waals surface area (Å²) < 4.78 is 16.5. The highest BCUT2D eigenvalue weighted by Gasteiger charge is 2.15. The van der Waals surface area contributed by atoms with Crippen LogP contribution in [0.1, 0.15) is 22.6 Å². The number of hydrogen-bond donors (Lipinski definition) is 1. The molecular formula is C22H22N2O4S. The van der Waals surface area contributed by atoms with Gasteiger partial charge in [-0.2, -0.15) is 0 Å². The lowest BCUT2D eigenvalue weighted by Gasteiger charge is -2.06. The van der Waals surface area contributed by atoms with Crippen molar-refractivity contribution in [3.63, 3.8) is 0 Å². The maximum Gasteiger partial charge on any atom is 0.231 e. The molecule has 4 rings (SSSR count). The molecule has 1 aromatic heterocycles. The van der Waals surface area contributed by atoms with Crippen LogP contribution in [0.15, 0.2) is 46.9 Å². The van der Waals surface area contributed by atoms with Crippen molar-refractivity contribution in [2.75, 3.05) is 12.5 Å². The van der Waals surface area contributed by atoms with Gasteiger partial charge in [-0.3, -0.25) is 4.79 Å². The number of carbonyl (C=O) groups is 1. The van der Waals surface area contributed by atoms with Crippen molar-refractivity contribution in [3.05, 3.63) is 65.0 Å². The Hall–Kier alpha value is -2.93. The highest BCUT2D eigenvalue weighted by atomic mass is 32.2. The molecule has 6 nitrogen and oxygen atoms in total. The van der Waals surface area contributed by atoms with Crippen LogP contribution in [0.3, 0.4) is 0 Å². The molecule has 0 saturated heterocycles. The van der Waals surface area contributed by atoms with Crippen molar-refractivity contribution in [1.82, 2.24) is 10.3 Å². The molecule has 1 N–H and O–H groups in total. The molecule has 0 radical (unpaired) electrons. The monoisotopic (exact) mass is 410 g/mol. The molecule has 0 unspecified atom stereocenters. The summed E-state index contributed by atoms with van der Waals surface area (Å²) in [6.07, 6.45) is 0. The van der Waals surface area contributed by atoms with Crippen LogP contribution in [0.4, 0.5) is 0 Å². The van der Waals surface area contributed by atoms with Crippen LogP contribution < -0.4 is 14.8 Å². The van der Waals surface area contributed by atoms with Crippen molar-refractivity contribution in [1.29, 1.82) is 0 Å². The molecule has 1 aliphatic rings. The van der Waals surface area contributed by atoms with Crippen molar-refractivity contribution in [3.8, 4) is 23.0 Å². The van der Waals surface area contributed by atoms with Gasteiger partial charge in [0, 0.05) is 17.9 Å². The molecule has 2 heterocycles. The normalized spacial score (nSPS) is 12.2. The number of amides is 1. The fourth-order valence-electron chi connectivity index (χ4n) is 3.03. The van der Waals surface area contributed by atoms with Gasteiger partial charge in [0.15, 0.2) is 11.5 Å². The highest BCUT2D eigenvalue weighted by Crippen LogP contribution is 2.32. The first kappa shape index (κ1) is 19.4. The molecule has 0 bridgehead atoms. The van der Waals surface area contributed by atoms with E-state index in [1.807, 2.05) is 56.3 Å². The summed E-state index contributed by atoms with van der Waals surface area (Å²) >= 11 is 1.52. The van der Waals surface area contributed by atoms with E-state index in [4.69, 9.17) is 13.9 Å². The number of thioether (sulfide) groups is 1. The van der Waals surface area contributed by atoms with Crippen molar-refractivity contribution in [2.45, 2.75) is 26.1 Å². The Morgan fingerprint density at radius 1 is 1.14 bits per heavy atom. The number of nitrogens with one attached hydrogen (secondary N) is 1. The summed E-state index contributed by atoms with van der Waals surface area (Å²) in [5.41, 5.74) is 3.96. The largest absolute Gasteiger partial charge is 0.454 e. The van der Waals surface area contributed by atoms with Crippen molar-refractivity contribution < 1.29 is 18.7 Å². The lowest BCUT2D eigenvalue weighted by molar-refractivity contribution is -0.118. The fourth-order valence-corrected chi connectivity index (χ4v) is 3.88. The number of fused-ring (bicyclic) bond motifs is 1. The molecule has 0 atom stereocenters. The lowest BCUT2D eigenvalue weighted by Crippen LogP contribution is -2.24. The minimum absolute atomic E-state index is 0.0204. The first-order chi connectivity index (χ1) is 14.1. The number of hydrogen-bond acceptors (Lipinski definition) is 6. The van der Waals surface area contributed by atoms with Gasteiger partial charge in [0.2, 0.25) is 18.6 Å². The van der Waals surface area contributed by atoms with Crippen LogP contribution in [0.25, 0.3) is 11.5 Å². The summed E-state index contributed by atoms with van der Waals surface area (Å²) in [6, 6.07) is 13.7. The average Bonchev–Trinajstić information content (AvgIpc) is 3.33. The molecule has 1 amide bonds. The molecule has 3 aromatic rings. The average molecular weight is 410 g/mol. The molecular weight excluding hydrogens is 388 g/mol. The van der Waals surface area contributed by atoms with E-state index in [9.17, 15) is 4.79 Å². The second kappa shape index (κ2) is 8.61. The van der Waals surface area contributed by atoms with Crippen LogP contribution in [0, 0.1) is 13.8 Å². The number of nitrogens with zero attached hydrogens (tertiary/aromatic N) is 1. The summed E-state index contributed by atoms with van der Waals surface area (Å²) in [6.45, 7) is 4.64. The van der Waals surface area contributed by atoms with Crippen LogP contribution in [0.2, 0.25) is 0 Å². The molecule has 2 aromatic carbocycles. The maximum atomic E-state index is 12.2. The highest BCUT2D eigenvalue weighted by molar-refractivity contribution is 7.99. The van der Waals surface area contributed by atoms with Gasteiger partial charge in [-0.25, -0.2) is 4.98 Å². The molecule has 29 heavy (non-hydrogen) atoms. The molecule has 0 fully saturated rings. The Bertz CT molecular complexity index is 1030. The maximum absolute atomic E-state index is 12.2. The van der Waals surface area contributed by atoms with Gasteiger partial charge >= 0.3 is 0 Å². The smallest absolute Gasteiger partial charge is 0.231 e. The van der Waals surface area contributed by atoms with E-state index < -0.39 is 0 Å². The zero-order valence-corrected chi connectivity index (χ0v) is 17.2. The van der Waals surface area contributed by atoms with E-state index in [0.717, 1.165) is 39.6 Å². The zero-order chi connectivity index (χ0) is 20.2. The number of oxazole rings is 1. The Kier molecular flexibility index (Phi) is 5.76. The number of benzene rings is 2. The molecule has 0 spiro atoms. The SMILES string of the molecule is Cc1ccccc1-c1nc(CSCC(=O)NCc2ccc3c(c2)OCO3)c(C)o1. The quantitative estimate of drug-likeness (QED) is 0.628. The summed E-state index contributed by atoms with van der Waals surface area (Å²) in [7, 11) is 0. The summed E-state index contributed by atoms with van der Waals surface area (Å²) in [4.78, 5) is 16.8. The Labute approximate surface area is 173 Å². The molecule has 0 saturated carbocycles. The predicted molar refractivity (Wildman–Crippen MR) is 112 cm³/mol. The van der Waals surface area contributed by atoms with E-state index in [1.165, 1.54) is 11.8 Å². The van der Waals surface area contributed by atoms with Gasteiger partial charge in [-0.1, -0.05) is 24.3 Å². The van der Waals surface area contributed by atoms with Crippen LogP contribution in [0.5, 0.6) is 11.5 Å². The second-order valence-corrected chi connectivity index (χ2v) is 7.78. The van der Waals surface area contributed by atoms with E-state index in [1.54, 1.807) is 0 Å². The fraction of sp³-hybridized carbons (Fsp3) is 0.273. The van der Waals surface area contributed by atoms with E-state index in [2.05, 4.69) is 10.3 Å². The second-order valence-electron chi connectivity index (χ2n) is 6.79. The van der Waals surface area contributed by atoms with Crippen LogP contribution in [-0.4, -0.2) is 23.4 Å². The van der Waals surface area contributed by atoms with E-state index in [-0.39, 0.29) is 12.7 Å². The minimum Gasteiger partial charge on any atom is -0.454 e. The molecule has 0 aliphatic carbocycles. The zero-order valence-electron chi connectivity index (χ0n) is 16.4. The Morgan fingerprint density at radius 2 is 1.97 bits per heavy atom. The topological polar surface area (TPSA) is 73.6 Å². The minimum atomic E-state index is -0.0204. The van der Waals surface area contributed by atoms with Gasteiger partial charge in [0.25, 0.3) is 0 Å². The third-order valence-corrected chi connectivity index (χ3v) is 5.61. The Balaban J connectivity index is 1.27. The summed E-state index contributed by atoms with van der Waals surface area (Å²) in [5.74, 6) is 3.84. The number of carbonyl (C=O) groups excluding carboxylic acids is 1. The predicted octanol–water partition coefficient (Wildman–Crippen LogP) is 4.24. The number of aryl methyl sites for hydroxylation is 2. The van der Waals surface area contributed by atoms with Gasteiger partial charge in [-0.05, 0) is 43.2 Å². The molecule has 7 heteroatoms. The Morgan fingerprint density at radius 3 is 2.83 bits per heavy atom. The van der Waals surface area contributed by atoms with Crippen LogP contribution >= 0.6 is 11.8 Å². The van der Waals surface area contributed by atoms with Gasteiger partial charge in [-0.15, -0.1) is 11.8 Å². The van der Waals surface area contributed by atoms with Gasteiger partial charge < -0.3 is 19.2 Å². The van der Waals surface area contributed by atoms with Crippen molar-refractivity contribution >= 4 is 17.7 Å². The van der Waals surface area contributed by atoms with E-state index in [0.29, 0.717) is 23.9 Å². The lowest BCUT2D eigenvalue weighted by atomic mass is 10.1. The number of rotatable bonds is 7. The summed E-state index contributed by atoms with van der Waals surface area (Å²) in [5, 5.41) is 2.93. The number of aromatic nitrogens is 1. The third-order valence-electron chi connectivity index (χ3n) is 4.67. The first-order valence-electron chi connectivity index (χ1n) is 9.35. The van der Waals surface area contributed by atoms with E-state index >= 15 is 0 Å². The number of ether oxygens (including phenoxy) is 2. The first-order valence-corrected chi connectivity index (χ1v) is 10.5. The standard InChI is InChI=1S/C22H22N2O4S/c1-14-5-3-4-6-17(14)22-24-18(15(2)28-22)11-29-12-21(25)23-10-16-7-8-19-20(9-16)27-13-26-19/h3-9H,10-13H2,1-2H3,(H,23,25). The molecule has 150 valence electrons. The molecule has 1 aliphatic heterocycles. The van der Waals surface area contributed by atoms with Crippen LogP contribution in [-0.2, 0) is 17.1 Å². The van der Waals surface area contributed by atoms with Gasteiger partial charge in [0.1, 0.15) is 5.76 Å². The third kappa shape index (κ3) is 4.56. The van der Waals surface area contributed by atoms with Gasteiger partial charge in [0.05, 0.1) is 11.4 Å². The van der Waals surface area contributed by atoms with Crippen molar-refractivity contribution in [2.24, 2.45) is 0 Å².